The Bertz CT molecular complexity index is 791. The molecule has 0 atom stereocenters. The molecule has 0 spiro atoms. The minimum absolute atomic E-state index is 0.132. The first-order valence-corrected chi connectivity index (χ1v) is 6.09. The first-order chi connectivity index (χ1) is 10.3. The van der Waals surface area contributed by atoms with Crippen LogP contribution in [0.4, 0.5) is 11.8 Å². The van der Waals surface area contributed by atoms with Gasteiger partial charge in [-0.25, -0.2) is 15.8 Å². The molecule has 0 aliphatic heterocycles. The Morgan fingerprint density at radius 3 is 2.62 bits per heavy atom. The number of carbonyl (C=O) groups excluding carboxylic acids is 1. The molecule has 0 fully saturated rings. The van der Waals surface area contributed by atoms with E-state index in [9.17, 15) is 4.79 Å². The molecule has 0 aliphatic rings. The van der Waals surface area contributed by atoms with Crippen LogP contribution in [0.3, 0.4) is 0 Å². The molecule has 8 heteroatoms. The number of hydrogen-bond acceptors (Lipinski definition) is 7. The zero-order valence-electron chi connectivity index (χ0n) is 10.8. The highest BCUT2D eigenvalue weighted by Crippen LogP contribution is 2.24. The van der Waals surface area contributed by atoms with E-state index in [4.69, 9.17) is 5.84 Å². The Hall–Kier alpha value is -3.13. The van der Waals surface area contributed by atoms with Gasteiger partial charge in [-0.3, -0.25) is 10.1 Å². The zero-order valence-corrected chi connectivity index (χ0v) is 10.8. The van der Waals surface area contributed by atoms with Gasteiger partial charge in [0, 0.05) is 11.6 Å². The standard InChI is InChI=1S/C13H11N7O/c14-19-11-9-4-2-1-3-8(9)10(7-16-11)12(21)18-13-15-5-6-17-20-13/h1-7H,14H2,(H,16,19)(H,15,18,20,21). The molecule has 3 rings (SSSR count). The van der Waals surface area contributed by atoms with Crippen LogP contribution in [-0.4, -0.2) is 26.1 Å². The number of aromatic nitrogens is 4. The van der Waals surface area contributed by atoms with Crippen molar-refractivity contribution in [2.45, 2.75) is 0 Å². The molecule has 0 radical (unpaired) electrons. The lowest BCUT2D eigenvalue weighted by atomic mass is 10.1. The Labute approximate surface area is 119 Å². The fourth-order valence-corrected chi connectivity index (χ4v) is 1.96. The van der Waals surface area contributed by atoms with Crippen LogP contribution in [0.15, 0.2) is 42.9 Å². The van der Waals surface area contributed by atoms with E-state index < -0.39 is 0 Å². The average molecular weight is 281 g/mol. The number of benzene rings is 1. The van der Waals surface area contributed by atoms with Crippen LogP contribution in [-0.2, 0) is 0 Å². The number of nitrogen functional groups attached to an aromatic ring is 1. The number of nitrogens with one attached hydrogen (secondary N) is 2. The zero-order chi connectivity index (χ0) is 14.7. The van der Waals surface area contributed by atoms with Crippen LogP contribution in [0.1, 0.15) is 10.4 Å². The normalized spacial score (nSPS) is 10.3. The fourth-order valence-electron chi connectivity index (χ4n) is 1.96. The molecule has 0 saturated carbocycles. The van der Waals surface area contributed by atoms with Crippen LogP contribution >= 0.6 is 0 Å². The minimum atomic E-state index is -0.365. The summed E-state index contributed by atoms with van der Waals surface area (Å²) in [6.07, 6.45) is 4.32. The molecule has 0 saturated heterocycles. The molecule has 8 nitrogen and oxygen atoms in total. The third-order valence-corrected chi connectivity index (χ3v) is 2.88. The van der Waals surface area contributed by atoms with E-state index in [-0.39, 0.29) is 11.9 Å². The van der Waals surface area contributed by atoms with E-state index in [0.717, 1.165) is 10.8 Å². The van der Waals surface area contributed by atoms with Crippen molar-refractivity contribution in [3.8, 4) is 0 Å². The fraction of sp³-hybridized carbons (Fsp3) is 0. The number of anilines is 2. The van der Waals surface area contributed by atoms with Crippen LogP contribution in [0, 0.1) is 0 Å². The van der Waals surface area contributed by atoms with Gasteiger partial charge in [0.2, 0.25) is 5.95 Å². The molecule has 2 aromatic heterocycles. The van der Waals surface area contributed by atoms with Gasteiger partial charge in [-0.2, -0.15) is 5.10 Å². The maximum Gasteiger partial charge on any atom is 0.260 e. The number of hydrazine groups is 1. The topological polar surface area (TPSA) is 119 Å². The highest BCUT2D eigenvalue weighted by molar-refractivity contribution is 6.13. The second-order valence-corrected chi connectivity index (χ2v) is 4.13. The molecular weight excluding hydrogens is 270 g/mol. The smallest absolute Gasteiger partial charge is 0.260 e. The van der Waals surface area contributed by atoms with Crippen molar-refractivity contribution in [2.75, 3.05) is 10.7 Å². The van der Waals surface area contributed by atoms with Crippen LogP contribution < -0.4 is 16.6 Å². The van der Waals surface area contributed by atoms with Crippen molar-refractivity contribution in [3.63, 3.8) is 0 Å². The Kier molecular flexibility index (Phi) is 3.36. The van der Waals surface area contributed by atoms with E-state index in [1.807, 2.05) is 24.3 Å². The molecule has 1 amide bonds. The van der Waals surface area contributed by atoms with E-state index in [2.05, 4.69) is 30.9 Å². The van der Waals surface area contributed by atoms with Gasteiger partial charge in [-0.1, -0.05) is 24.3 Å². The summed E-state index contributed by atoms with van der Waals surface area (Å²) >= 11 is 0. The largest absolute Gasteiger partial charge is 0.308 e. The molecule has 0 bridgehead atoms. The molecule has 2 heterocycles. The van der Waals surface area contributed by atoms with Gasteiger partial charge < -0.3 is 5.43 Å². The van der Waals surface area contributed by atoms with Crippen molar-refractivity contribution in [2.24, 2.45) is 5.84 Å². The SMILES string of the molecule is NNc1ncc(C(=O)Nc2nccnn2)c2ccccc12. The van der Waals surface area contributed by atoms with Gasteiger partial charge in [-0.15, -0.1) is 5.10 Å². The molecule has 0 unspecified atom stereocenters. The Morgan fingerprint density at radius 1 is 1.10 bits per heavy atom. The van der Waals surface area contributed by atoms with Crippen molar-refractivity contribution >= 4 is 28.4 Å². The van der Waals surface area contributed by atoms with E-state index in [1.165, 1.54) is 18.6 Å². The number of amides is 1. The van der Waals surface area contributed by atoms with Gasteiger partial charge in [0.15, 0.2) is 0 Å². The number of rotatable bonds is 3. The van der Waals surface area contributed by atoms with E-state index >= 15 is 0 Å². The highest BCUT2D eigenvalue weighted by atomic mass is 16.1. The van der Waals surface area contributed by atoms with Crippen molar-refractivity contribution < 1.29 is 4.79 Å². The van der Waals surface area contributed by atoms with Crippen LogP contribution in [0.25, 0.3) is 10.8 Å². The first-order valence-electron chi connectivity index (χ1n) is 6.09. The summed E-state index contributed by atoms with van der Waals surface area (Å²) in [5.74, 6) is 5.69. The number of fused-ring (bicyclic) bond motifs is 1. The Balaban J connectivity index is 2.03. The number of hydrogen-bond donors (Lipinski definition) is 3. The first kappa shape index (κ1) is 12.9. The van der Waals surface area contributed by atoms with Crippen molar-refractivity contribution in [1.29, 1.82) is 0 Å². The lowest BCUT2D eigenvalue weighted by Crippen LogP contribution is -2.16. The molecular formula is C13H11N7O. The summed E-state index contributed by atoms with van der Waals surface area (Å²) in [5, 5.41) is 11.4. The predicted octanol–water partition coefficient (Wildman–Crippen LogP) is 0.958. The van der Waals surface area contributed by atoms with Gasteiger partial charge in [0.1, 0.15) is 5.82 Å². The average Bonchev–Trinajstić information content (AvgIpc) is 2.54. The molecule has 4 N–H and O–H groups in total. The number of carbonyl (C=O) groups is 1. The molecule has 104 valence electrons. The summed E-state index contributed by atoms with van der Waals surface area (Å²) in [7, 11) is 0. The number of nitrogens with two attached hydrogens (primary N) is 1. The lowest BCUT2D eigenvalue weighted by molar-refractivity contribution is 0.102. The van der Waals surface area contributed by atoms with Gasteiger partial charge >= 0.3 is 0 Å². The second-order valence-electron chi connectivity index (χ2n) is 4.13. The maximum absolute atomic E-state index is 12.3. The summed E-state index contributed by atoms with van der Waals surface area (Å²) < 4.78 is 0. The van der Waals surface area contributed by atoms with E-state index in [0.29, 0.717) is 11.4 Å². The maximum atomic E-state index is 12.3. The number of pyridine rings is 1. The summed E-state index contributed by atoms with van der Waals surface area (Å²) in [6, 6.07) is 7.32. The minimum Gasteiger partial charge on any atom is -0.308 e. The predicted molar refractivity (Wildman–Crippen MR) is 77.3 cm³/mol. The molecule has 0 aliphatic carbocycles. The van der Waals surface area contributed by atoms with E-state index in [1.54, 1.807) is 0 Å². The summed E-state index contributed by atoms with van der Waals surface area (Å²) in [4.78, 5) is 20.4. The molecule has 21 heavy (non-hydrogen) atoms. The lowest BCUT2D eigenvalue weighted by Gasteiger charge is -2.09. The third kappa shape index (κ3) is 2.47. The second kappa shape index (κ2) is 5.47. The van der Waals surface area contributed by atoms with Gasteiger partial charge in [0.05, 0.1) is 18.0 Å². The van der Waals surface area contributed by atoms with Crippen LogP contribution in [0.2, 0.25) is 0 Å². The summed E-state index contributed by atoms with van der Waals surface area (Å²) in [5.41, 5.74) is 2.91. The third-order valence-electron chi connectivity index (χ3n) is 2.88. The Morgan fingerprint density at radius 2 is 1.90 bits per heavy atom. The summed E-state index contributed by atoms with van der Waals surface area (Å²) in [6.45, 7) is 0. The van der Waals surface area contributed by atoms with Gasteiger partial charge in [0.25, 0.3) is 5.91 Å². The van der Waals surface area contributed by atoms with Crippen LogP contribution in [0.5, 0.6) is 0 Å². The van der Waals surface area contributed by atoms with Crippen molar-refractivity contribution in [1.82, 2.24) is 20.2 Å². The highest BCUT2D eigenvalue weighted by Gasteiger charge is 2.14. The van der Waals surface area contributed by atoms with Crippen molar-refractivity contribution in [3.05, 3.63) is 48.4 Å². The molecule has 3 aromatic rings. The van der Waals surface area contributed by atoms with Gasteiger partial charge in [-0.05, 0) is 5.39 Å². The number of nitrogens with zero attached hydrogens (tertiary/aromatic N) is 4. The monoisotopic (exact) mass is 281 g/mol. The quantitative estimate of drug-likeness (QED) is 0.483. The molecule has 1 aromatic carbocycles.